The maximum Gasteiger partial charge on any atom is 0.492 e. The zero-order valence-electron chi connectivity index (χ0n) is 11.9. The number of pyridine rings is 1. The largest absolute Gasteiger partial charge is 0.497 e. The van der Waals surface area contributed by atoms with Crippen molar-refractivity contribution in [3.63, 3.8) is 0 Å². The smallest absolute Gasteiger partial charge is 0.492 e. The van der Waals surface area contributed by atoms with Gasteiger partial charge in [0.05, 0.1) is 7.11 Å². The normalized spacial score (nSPS) is 9.25. The molecule has 0 saturated carbocycles. The van der Waals surface area contributed by atoms with Crippen molar-refractivity contribution >= 4 is 18.4 Å². The van der Waals surface area contributed by atoms with Crippen LogP contribution in [0, 0.1) is 0 Å². The summed E-state index contributed by atoms with van der Waals surface area (Å²) in [5.74, 6) is 1.49. The van der Waals surface area contributed by atoms with Gasteiger partial charge >= 0.3 is 7.12 Å². The Hall–Kier alpha value is -2.05. The number of anilines is 1. The number of hydrogen-bond acceptors (Lipinski definition) is 5. The van der Waals surface area contributed by atoms with Crippen molar-refractivity contribution in [3.8, 4) is 5.75 Å². The second kappa shape index (κ2) is 8.19. The van der Waals surface area contributed by atoms with Gasteiger partial charge in [-0.1, -0.05) is 24.3 Å². The zero-order valence-corrected chi connectivity index (χ0v) is 11.9. The van der Waals surface area contributed by atoms with E-state index in [1.165, 1.54) is 7.11 Å². The third-order valence-electron chi connectivity index (χ3n) is 2.52. The second-order valence-electron chi connectivity index (χ2n) is 4.20. The molecule has 0 bridgehead atoms. The summed E-state index contributed by atoms with van der Waals surface area (Å²) >= 11 is 0. The van der Waals surface area contributed by atoms with Crippen LogP contribution < -0.4 is 15.1 Å². The molecule has 2 rings (SSSR count). The van der Waals surface area contributed by atoms with Crippen LogP contribution in [0.1, 0.15) is 0 Å². The van der Waals surface area contributed by atoms with Gasteiger partial charge in [-0.25, -0.2) is 4.98 Å². The predicted molar refractivity (Wildman–Crippen MR) is 81.4 cm³/mol. The number of nitrogens with zero attached hydrogens (tertiary/aromatic N) is 2. The quantitative estimate of drug-likeness (QED) is 0.799. The van der Waals surface area contributed by atoms with Crippen LogP contribution in [0.2, 0.25) is 0 Å². The van der Waals surface area contributed by atoms with Gasteiger partial charge in [0.15, 0.2) is 0 Å². The van der Waals surface area contributed by atoms with Crippen molar-refractivity contribution in [1.82, 2.24) is 4.98 Å². The summed E-state index contributed by atoms with van der Waals surface area (Å²) in [6.45, 7) is 0. The van der Waals surface area contributed by atoms with Crippen LogP contribution in [-0.2, 0) is 0 Å². The van der Waals surface area contributed by atoms with E-state index < -0.39 is 7.12 Å². The molecule has 1 aromatic heterocycles. The van der Waals surface area contributed by atoms with Crippen LogP contribution in [0.25, 0.3) is 0 Å². The lowest BCUT2D eigenvalue weighted by atomic mass is 9.80. The average Bonchev–Trinajstić information content (AvgIpc) is 2.48. The molecule has 0 aliphatic rings. The fourth-order valence-corrected chi connectivity index (χ4v) is 1.50. The summed E-state index contributed by atoms with van der Waals surface area (Å²) in [6, 6.07) is 12.6. The predicted octanol–water partition coefficient (Wildman–Crippen LogP) is 0.523. The summed E-state index contributed by atoms with van der Waals surface area (Å²) in [6.07, 6.45) is 1.79. The molecule has 0 amide bonds. The Morgan fingerprint density at radius 2 is 1.70 bits per heavy atom. The highest BCUT2D eigenvalue weighted by atomic mass is 16.5. The number of para-hydroxylation sites is 1. The molecule has 6 heteroatoms. The zero-order chi connectivity index (χ0) is 15.0. The lowest BCUT2D eigenvalue weighted by Gasteiger charge is -2.08. The Morgan fingerprint density at radius 1 is 1.05 bits per heavy atom. The Balaban J connectivity index is 0.000000204. The third kappa shape index (κ3) is 4.91. The summed E-state index contributed by atoms with van der Waals surface area (Å²) in [5.41, 5.74) is 0.384. The van der Waals surface area contributed by atoms with Gasteiger partial charge in [0, 0.05) is 25.8 Å². The van der Waals surface area contributed by atoms with Gasteiger partial charge in [-0.3, -0.25) is 0 Å². The number of rotatable bonds is 3. The number of hydrogen-bond donors (Lipinski definition) is 2. The van der Waals surface area contributed by atoms with Crippen molar-refractivity contribution in [1.29, 1.82) is 0 Å². The lowest BCUT2D eigenvalue weighted by molar-refractivity contribution is 0.403. The first kappa shape index (κ1) is 16.0. The van der Waals surface area contributed by atoms with Gasteiger partial charge in [-0.2, -0.15) is 0 Å². The highest BCUT2D eigenvalue weighted by molar-refractivity contribution is 6.59. The fourth-order valence-electron chi connectivity index (χ4n) is 1.50. The Labute approximate surface area is 119 Å². The van der Waals surface area contributed by atoms with Crippen molar-refractivity contribution in [2.45, 2.75) is 0 Å². The molecule has 20 heavy (non-hydrogen) atoms. The van der Waals surface area contributed by atoms with Crippen molar-refractivity contribution in [2.24, 2.45) is 0 Å². The maximum absolute atomic E-state index is 8.81. The van der Waals surface area contributed by atoms with E-state index in [0.717, 1.165) is 5.82 Å². The Morgan fingerprint density at radius 3 is 2.10 bits per heavy atom. The second-order valence-corrected chi connectivity index (χ2v) is 4.20. The number of ether oxygens (including phenoxy) is 1. The van der Waals surface area contributed by atoms with Crippen LogP contribution >= 0.6 is 0 Å². The molecule has 0 atom stereocenters. The van der Waals surface area contributed by atoms with Crippen LogP contribution in [-0.4, -0.2) is 43.4 Å². The van der Waals surface area contributed by atoms with Gasteiger partial charge in [-0.15, -0.1) is 0 Å². The molecule has 0 aliphatic heterocycles. The lowest BCUT2D eigenvalue weighted by Crippen LogP contribution is -2.30. The standard InChI is InChI=1S/C7H9BO3.C7H10N2/c1-11-7-5-3-2-4-6(7)8(9)10;1-9(2)7-5-3-4-6-8-7/h2-5,9-10H,1H3;3-6H,1-2H3. The van der Waals surface area contributed by atoms with Crippen molar-refractivity contribution < 1.29 is 14.8 Å². The summed E-state index contributed by atoms with van der Waals surface area (Å²) in [4.78, 5) is 6.08. The van der Waals surface area contributed by atoms with E-state index in [1.807, 2.05) is 37.2 Å². The molecule has 0 saturated heterocycles. The Bertz CT molecular complexity index is 507. The van der Waals surface area contributed by atoms with Crippen LogP contribution in [0.5, 0.6) is 5.75 Å². The van der Waals surface area contributed by atoms with Crippen LogP contribution in [0.3, 0.4) is 0 Å². The van der Waals surface area contributed by atoms with E-state index in [0.29, 0.717) is 11.2 Å². The first-order valence-corrected chi connectivity index (χ1v) is 6.13. The van der Waals surface area contributed by atoms with Gasteiger partial charge < -0.3 is 19.7 Å². The van der Waals surface area contributed by atoms with Crippen molar-refractivity contribution in [2.75, 3.05) is 26.1 Å². The molecule has 0 spiro atoms. The van der Waals surface area contributed by atoms with Gasteiger partial charge in [-0.05, 0) is 18.2 Å². The van der Waals surface area contributed by atoms with Gasteiger partial charge in [0.2, 0.25) is 0 Å². The van der Waals surface area contributed by atoms with E-state index >= 15 is 0 Å². The minimum absolute atomic E-state index is 0.384. The summed E-state index contributed by atoms with van der Waals surface area (Å²) < 4.78 is 4.89. The highest BCUT2D eigenvalue weighted by Gasteiger charge is 2.14. The minimum atomic E-state index is -1.47. The highest BCUT2D eigenvalue weighted by Crippen LogP contribution is 2.04. The van der Waals surface area contributed by atoms with E-state index in [-0.39, 0.29) is 0 Å². The van der Waals surface area contributed by atoms with E-state index in [4.69, 9.17) is 14.8 Å². The maximum atomic E-state index is 8.81. The molecule has 1 heterocycles. The van der Waals surface area contributed by atoms with Crippen molar-refractivity contribution in [3.05, 3.63) is 48.7 Å². The molecule has 106 valence electrons. The first-order chi connectivity index (χ1) is 9.56. The molecule has 0 aliphatic carbocycles. The topological polar surface area (TPSA) is 65.8 Å². The van der Waals surface area contributed by atoms with E-state index in [2.05, 4.69) is 4.98 Å². The fraction of sp³-hybridized carbons (Fsp3) is 0.214. The number of aromatic nitrogens is 1. The molecule has 0 fully saturated rings. The summed E-state index contributed by atoms with van der Waals surface area (Å²) in [5, 5.41) is 17.6. The SMILES string of the molecule is CN(C)c1ccccn1.COc1ccccc1B(O)O. The van der Waals surface area contributed by atoms with Gasteiger partial charge in [0.25, 0.3) is 0 Å². The molecular formula is C14H19BN2O3. The van der Waals surface area contributed by atoms with Crippen LogP contribution in [0.15, 0.2) is 48.7 Å². The molecule has 1 aromatic carbocycles. The van der Waals surface area contributed by atoms with Gasteiger partial charge in [0.1, 0.15) is 11.6 Å². The molecule has 2 aromatic rings. The molecule has 5 nitrogen and oxygen atoms in total. The minimum Gasteiger partial charge on any atom is -0.497 e. The van der Waals surface area contributed by atoms with E-state index in [1.54, 1.807) is 30.5 Å². The van der Waals surface area contributed by atoms with Crippen LogP contribution in [0.4, 0.5) is 5.82 Å². The number of methoxy groups -OCH3 is 1. The molecular weight excluding hydrogens is 255 g/mol. The molecule has 0 radical (unpaired) electrons. The third-order valence-corrected chi connectivity index (χ3v) is 2.52. The Kier molecular flexibility index (Phi) is 6.56. The average molecular weight is 274 g/mol. The number of benzene rings is 1. The first-order valence-electron chi connectivity index (χ1n) is 6.13. The summed E-state index contributed by atoms with van der Waals surface area (Å²) in [7, 11) is 3.97. The monoisotopic (exact) mass is 274 g/mol. The van der Waals surface area contributed by atoms with E-state index in [9.17, 15) is 0 Å². The molecule has 2 N–H and O–H groups in total. The molecule has 0 unspecified atom stereocenters.